The molecule has 0 atom stereocenters. The summed E-state index contributed by atoms with van der Waals surface area (Å²) >= 11 is 0.178. The van der Waals surface area contributed by atoms with Crippen molar-refractivity contribution >= 4 is 18.0 Å². The van der Waals surface area contributed by atoms with Crippen molar-refractivity contribution < 1.29 is 21.2 Å². The summed E-state index contributed by atoms with van der Waals surface area (Å²) in [6.45, 7) is 7.98. The quantitative estimate of drug-likeness (QED) is 0.438. The van der Waals surface area contributed by atoms with Gasteiger partial charge in [0.2, 0.25) is 0 Å². The van der Waals surface area contributed by atoms with E-state index in [9.17, 15) is 0 Å². The van der Waals surface area contributed by atoms with Gasteiger partial charge in [0, 0.05) is 0 Å². The van der Waals surface area contributed by atoms with Crippen molar-refractivity contribution in [1.29, 1.82) is 0 Å². The molecule has 1 aromatic carbocycles. The van der Waals surface area contributed by atoms with Gasteiger partial charge in [-0.1, -0.05) is 0 Å². The maximum atomic E-state index is 4.04. The number of nitrogens with zero attached hydrogens (tertiary/aromatic N) is 1. The molecule has 0 bridgehead atoms. The molecule has 0 unspecified atom stereocenters. The molecule has 76 valence electrons. The fraction of sp³-hybridized carbons (Fsp3) is 0.250. The summed E-state index contributed by atoms with van der Waals surface area (Å²) in [4.78, 5) is 6.32. The van der Waals surface area contributed by atoms with E-state index in [2.05, 4.69) is 42.6 Å². The van der Waals surface area contributed by atoms with Crippen LogP contribution in [-0.2, 0) is 0 Å². The number of rotatable bonds is 3. The number of para-hydroxylation sites is 1. The van der Waals surface area contributed by atoms with E-state index in [-0.39, 0.29) is 21.2 Å². The normalized spacial score (nSPS) is 12.5. The van der Waals surface area contributed by atoms with E-state index in [0.717, 1.165) is 5.69 Å². The summed E-state index contributed by atoms with van der Waals surface area (Å²) in [6, 6.07) is 8.17. The maximum absolute atomic E-state index is 4.04. The van der Waals surface area contributed by atoms with Gasteiger partial charge in [-0.25, -0.2) is 0 Å². The van der Waals surface area contributed by atoms with Gasteiger partial charge in [0.15, 0.2) is 0 Å². The number of hydrogen-bond donors (Lipinski definition) is 0. The van der Waals surface area contributed by atoms with Crippen LogP contribution in [0.2, 0.25) is 0 Å². The van der Waals surface area contributed by atoms with Crippen LogP contribution in [0.5, 0.6) is 0 Å². The van der Waals surface area contributed by atoms with E-state index >= 15 is 0 Å². The average molecular weight is 300 g/mol. The minimum atomic E-state index is 0.178. The molecule has 0 aromatic heterocycles. The summed E-state index contributed by atoms with van der Waals surface area (Å²) in [7, 11) is 0. The summed E-state index contributed by atoms with van der Waals surface area (Å²) in [5.74, 6) is 0. The topological polar surface area (TPSA) is 12.4 Å². The van der Waals surface area contributed by atoms with Gasteiger partial charge in [0.1, 0.15) is 0 Å². The Bertz CT molecular complexity index is 366. The zero-order valence-electron chi connectivity index (χ0n) is 8.84. The second-order valence-electron chi connectivity index (χ2n) is 3.02. The molecule has 2 heteroatoms. The summed E-state index contributed by atoms with van der Waals surface area (Å²) in [5.41, 5.74) is 3.58. The van der Waals surface area contributed by atoms with Gasteiger partial charge in [0.05, 0.1) is 0 Å². The van der Waals surface area contributed by atoms with Crippen molar-refractivity contribution in [2.75, 3.05) is 4.93 Å². The molecule has 0 radical (unpaired) electrons. The van der Waals surface area contributed by atoms with Gasteiger partial charge >= 0.3 is 96.4 Å². The van der Waals surface area contributed by atoms with Crippen LogP contribution in [0.25, 0.3) is 5.57 Å². The van der Waals surface area contributed by atoms with Gasteiger partial charge in [-0.3, -0.25) is 0 Å². The molecule has 0 amide bonds. The number of alkyl halides is 1. The molecule has 0 heterocycles. The van der Waals surface area contributed by atoms with Gasteiger partial charge in [-0.05, 0) is 0 Å². The molecule has 0 N–H and O–H groups in total. The van der Waals surface area contributed by atoms with Gasteiger partial charge < -0.3 is 0 Å². The molecule has 14 heavy (non-hydrogen) atoms. The first-order valence-corrected chi connectivity index (χ1v) is 7.67. The van der Waals surface area contributed by atoms with Crippen molar-refractivity contribution in [1.82, 2.24) is 0 Å². The molecule has 0 spiro atoms. The van der Waals surface area contributed by atoms with Crippen LogP contribution in [0.1, 0.15) is 19.4 Å². The van der Waals surface area contributed by atoms with E-state index in [4.69, 9.17) is 0 Å². The van der Waals surface area contributed by atoms with Gasteiger partial charge in [0.25, 0.3) is 0 Å². The second-order valence-corrected chi connectivity index (χ2v) is 5.72. The molecule has 0 aliphatic heterocycles. The summed E-state index contributed by atoms with van der Waals surface area (Å²) in [6.07, 6.45) is 0. The van der Waals surface area contributed by atoms with Crippen LogP contribution >= 0.6 is 0 Å². The molecule has 1 rings (SSSR count). The predicted octanol–water partition coefficient (Wildman–Crippen LogP) is 0.488. The Balaban J connectivity index is 3.25. The SMILES string of the molecule is C=Nc1ccccc1C(C)=C(C)[I-]C. The number of halogens is 1. The third-order valence-corrected chi connectivity index (χ3v) is 4.71. The Morgan fingerprint density at radius 2 is 1.93 bits per heavy atom. The fourth-order valence-electron chi connectivity index (χ4n) is 1.26. The zero-order valence-corrected chi connectivity index (χ0v) is 11.0. The number of allylic oxidation sites excluding steroid dienone is 2. The minimum absolute atomic E-state index is 0.178. The molecule has 0 aliphatic carbocycles. The van der Waals surface area contributed by atoms with Crippen LogP contribution in [0.3, 0.4) is 0 Å². The molecule has 0 fully saturated rings. The third kappa shape index (κ3) is 2.44. The van der Waals surface area contributed by atoms with Crippen molar-refractivity contribution in [3.8, 4) is 0 Å². The third-order valence-electron chi connectivity index (χ3n) is 2.28. The Kier molecular flexibility index (Phi) is 4.32. The fourth-order valence-corrected chi connectivity index (χ4v) is 2.36. The van der Waals surface area contributed by atoms with Crippen molar-refractivity contribution in [2.45, 2.75) is 13.8 Å². The molecule has 1 nitrogen and oxygen atoms in total. The van der Waals surface area contributed by atoms with E-state index < -0.39 is 0 Å². The molecule has 0 saturated heterocycles. The van der Waals surface area contributed by atoms with Gasteiger partial charge in [-0.15, -0.1) is 0 Å². The Hall–Kier alpha value is -0.640. The molecule has 0 aliphatic rings. The summed E-state index contributed by atoms with van der Waals surface area (Å²) < 4.78 is 1.51. The number of aliphatic imine (C=N–C) groups is 1. The zero-order chi connectivity index (χ0) is 10.6. The standard InChI is InChI=1S/C12H15IN/c1-9(10(2)13-3)11-7-5-6-8-12(11)14-4/h5-8H,4H2,1-3H3/q-1. The monoisotopic (exact) mass is 300 g/mol. The van der Waals surface area contributed by atoms with E-state index in [1.807, 2.05) is 12.1 Å². The van der Waals surface area contributed by atoms with Crippen molar-refractivity contribution in [3.05, 3.63) is 33.4 Å². The van der Waals surface area contributed by atoms with Gasteiger partial charge in [-0.2, -0.15) is 0 Å². The Labute approximate surface area is 96.2 Å². The van der Waals surface area contributed by atoms with Crippen LogP contribution < -0.4 is 21.2 Å². The predicted molar refractivity (Wildman–Crippen MR) is 59.8 cm³/mol. The molecular formula is C12H15IN-. The van der Waals surface area contributed by atoms with Crippen LogP contribution in [0, 0.1) is 0 Å². The average Bonchev–Trinajstić information content (AvgIpc) is 2.26. The van der Waals surface area contributed by atoms with E-state index in [1.165, 1.54) is 14.7 Å². The Morgan fingerprint density at radius 1 is 1.29 bits per heavy atom. The van der Waals surface area contributed by atoms with Crippen molar-refractivity contribution in [2.24, 2.45) is 4.99 Å². The number of hydrogen-bond acceptors (Lipinski definition) is 1. The van der Waals surface area contributed by atoms with Crippen LogP contribution in [0.4, 0.5) is 5.69 Å². The van der Waals surface area contributed by atoms with Crippen LogP contribution in [-0.4, -0.2) is 11.6 Å². The first-order valence-electron chi connectivity index (χ1n) is 4.43. The summed E-state index contributed by atoms with van der Waals surface area (Å²) in [5, 5.41) is 0. The first-order chi connectivity index (χ1) is 6.70. The molecular weight excluding hydrogens is 285 g/mol. The van der Waals surface area contributed by atoms with E-state index in [0.29, 0.717) is 0 Å². The molecule has 0 saturated carbocycles. The van der Waals surface area contributed by atoms with Crippen LogP contribution in [0.15, 0.2) is 32.8 Å². The molecule has 1 aromatic rings. The Morgan fingerprint density at radius 3 is 2.50 bits per heavy atom. The first kappa shape index (κ1) is 11.4. The second kappa shape index (κ2) is 5.29. The van der Waals surface area contributed by atoms with E-state index in [1.54, 1.807) is 0 Å². The number of benzene rings is 1. The van der Waals surface area contributed by atoms with Crippen molar-refractivity contribution in [3.63, 3.8) is 0 Å².